The lowest BCUT2D eigenvalue weighted by Gasteiger charge is -2.29. The van der Waals surface area contributed by atoms with Crippen molar-refractivity contribution in [3.63, 3.8) is 0 Å². The van der Waals surface area contributed by atoms with Gasteiger partial charge in [0.15, 0.2) is 6.61 Å². The van der Waals surface area contributed by atoms with E-state index in [4.69, 9.17) is 4.74 Å². The molecule has 1 aliphatic rings. The predicted octanol–water partition coefficient (Wildman–Crippen LogP) is 2.40. The van der Waals surface area contributed by atoms with Gasteiger partial charge in [0, 0.05) is 37.3 Å². The average molecular weight is 473 g/mol. The first-order chi connectivity index (χ1) is 16.1. The van der Waals surface area contributed by atoms with Gasteiger partial charge in [0.2, 0.25) is 0 Å². The number of halogens is 1. The lowest BCUT2D eigenvalue weighted by molar-refractivity contribution is -0.118. The SMILES string of the molecule is Cn1c(=O)n(CCCC(C)(C)NC[C@H](O)c2cc(O)cc3c2OCC(=O)N3)c2c(F)cccc21. The average Bonchev–Trinajstić information content (AvgIpc) is 3.02. The van der Waals surface area contributed by atoms with Gasteiger partial charge in [0.25, 0.3) is 5.91 Å². The van der Waals surface area contributed by atoms with Crippen LogP contribution in [0.4, 0.5) is 10.1 Å². The first kappa shape index (κ1) is 23.8. The van der Waals surface area contributed by atoms with Crippen molar-refractivity contribution >= 4 is 22.6 Å². The van der Waals surface area contributed by atoms with Gasteiger partial charge < -0.3 is 25.6 Å². The fraction of sp³-hybridized carbons (Fsp3) is 0.417. The third-order valence-electron chi connectivity index (χ3n) is 6.16. The first-order valence-electron chi connectivity index (χ1n) is 11.1. The Hall–Kier alpha value is -3.37. The van der Waals surface area contributed by atoms with Crippen molar-refractivity contribution in [2.75, 3.05) is 18.5 Å². The highest BCUT2D eigenvalue weighted by Gasteiger charge is 2.26. The second-order valence-corrected chi connectivity index (χ2v) is 9.23. The summed E-state index contributed by atoms with van der Waals surface area (Å²) in [7, 11) is 1.63. The number of hydrogen-bond acceptors (Lipinski definition) is 6. The van der Waals surface area contributed by atoms with Crippen molar-refractivity contribution in [1.82, 2.24) is 14.5 Å². The van der Waals surface area contributed by atoms with Crippen LogP contribution in [0.25, 0.3) is 11.0 Å². The molecule has 4 N–H and O–H groups in total. The summed E-state index contributed by atoms with van der Waals surface area (Å²) in [6.45, 7) is 4.31. The Morgan fingerprint density at radius 1 is 1.29 bits per heavy atom. The fourth-order valence-corrected chi connectivity index (χ4v) is 4.34. The molecule has 0 fully saturated rings. The highest BCUT2D eigenvalue weighted by atomic mass is 19.1. The molecule has 1 aromatic heterocycles. The Labute approximate surface area is 195 Å². The van der Waals surface area contributed by atoms with E-state index in [1.165, 1.54) is 27.3 Å². The van der Waals surface area contributed by atoms with E-state index in [1.807, 2.05) is 13.8 Å². The maximum atomic E-state index is 14.4. The zero-order chi connectivity index (χ0) is 24.6. The second-order valence-electron chi connectivity index (χ2n) is 9.23. The van der Waals surface area contributed by atoms with E-state index in [0.717, 1.165) is 0 Å². The molecular weight excluding hydrogens is 443 g/mol. The number of amides is 1. The summed E-state index contributed by atoms with van der Waals surface area (Å²) in [5.41, 5.74) is 0.880. The molecule has 0 aliphatic carbocycles. The van der Waals surface area contributed by atoms with Gasteiger partial charge in [-0.2, -0.15) is 0 Å². The Kier molecular flexibility index (Phi) is 6.37. The number of aromatic nitrogens is 2. The third kappa shape index (κ3) is 4.64. The summed E-state index contributed by atoms with van der Waals surface area (Å²) in [5, 5.41) is 26.7. The van der Waals surface area contributed by atoms with Crippen LogP contribution in [0.1, 0.15) is 38.4 Å². The molecule has 10 heteroatoms. The zero-order valence-electron chi connectivity index (χ0n) is 19.4. The number of phenolic OH excluding ortho intramolecular Hbond substituents is 1. The Balaban J connectivity index is 1.40. The predicted molar refractivity (Wildman–Crippen MR) is 126 cm³/mol. The number of phenols is 1. The van der Waals surface area contributed by atoms with Gasteiger partial charge in [-0.15, -0.1) is 0 Å². The Morgan fingerprint density at radius 3 is 2.82 bits per heavy atom. The number of aliphatic hydroxyl groups excluding tert-OH is 1. The molecule has 3 aromatic rings. The number of rotatable bonds is 8. The van der Waals surface area contributed by atoms with Gasteiger partial charge in [-0.25, -0.2) is 9.18 Å². The number of aryl methyl sites for hydroxylation is 2. The molecule has 0 saturated carbocycles. The number of carbonyl (C=O) groups is 1. The topological polar surface area (TPSA) is 118 Å². The minimum absolute atomic E-state index is 0.0920. The molecule has 0 spiro atoms. The summed E-state index contributed by atoms with van der Waals surface area (Å²) in [5.74, 6) is -0.515. The number of β-amino-alcohol motifs (C(OH)–C–C–N with tert-alkyl or cyclic N) is 1. The van der Waals surface area contributed by atoms with Crippen LogP contribution in [0.15, 0.2) is 35.1 Å². The maximum Gasteiger partial charge on any atom is 0.328 e. The quantitative estimate of drug-likeness (QED) is 0.400. The molecule has 0 saturated heterocycles. The molecule has 4 rings (SSSR count). The summed E-state index contributed by atoms with van der Waals surface area (Å²) in [4.78, 5) is 24.1. The highest BCUT2D eigenvalue weighted by molar-refractivity contribution is 5.96. The largest absolute Gasteiger partial charge is 0.508 e. The molecular formula is C24H29FN4O5. The Bertz CT molecular complexity index is 1300. The minimum atomic E-state index is -0.995. The highest BCUT2D eigenvalue weighted by Crippen LogP contribution is 2.38. The first-order valence-corrected chi connectivity index (χ1v) is 11.1. The van der Waals surface area contributed by atoms with Crippen molar-refractivity contribution < 1.29 is 24.1 Å². The molecule has 34 heavy (non-hydrogen) atoms. The van der Waals surface area contributed by atoms with Gasteiger partial charge in [-0.3, -0.25) is 13.9 Å². The number of anilines is 1. The van der Waals surface area contributed by atoms with Crippen LogP contribution in [0.5, 0.6) is 11.5 Å². The number of benzene rings is 2. The normalized spacial score (nSPS) is 14.6. The number of aromatic hydroxyl groups is 1. The van der Waals surface area contributed by atoms with Gasteiger partial charge >= 0.3 is 5.69 Å². The molecule has 0 unspecified atom stereocenters. The van der Waals surface area contributed by atoms with Crippen molar-refractivity contribution in [3.05, 3.63) is 52.2 Å². The van der Waals surface area contributed by atoms with E-state index >= 15 is 0 Å². The third-order valence-corrected chi connectivity index (χ3v) is 6.16. The van der Waals surface area contributed by atoms with Gasteiger partial charge in [0.05, 0.1) is 17.3 Å². The number of aliphatic hydroxyl groups is 1. The maximum absolute atomic E-state index is 14.4. The van der Waals surface area contributed by atoms with Crippen LogP contribution in [-0.4, -0.2) is 43.9 Å². The van der Waals surface area contributed by atoms with Crippen molar-refractivity contribution in [3.8, 4) is 11.5 Å². The van der Waals surface area contributed by atoms with E-state index in [9.17, 15) is 24.2 Å². The molecule has 182 valence electrons. The zero-order valence-corrected chi connectivity index (χ0v) is 19.4. The van der Waals surface area contributed by atoms with Gasteiger partial charge in [-0.05, 0) is 44.9 Å². The van der Waals surface area contributed by atoms with Crippen molar-refractivity contribution in [2.24, 2.45) is 7.05 Å². The number of carbonyl (C=O) groups excluding carboxylic acids is 1. The Morgan fingerprint density at radius 2 is 2.06 bits per heavy atom. The van der Waals surface area contributed by atoms with Crippen molar-refractivity contribution in [2.45, 2.75) is 44.9 Å². The number of ether oxygens (including phenoxy) is 1. The summed E-state index contributed by atoms with van der Waals surface area (Å²) >= 11 is 0. The van der Waals surface area contributed by atoms with E-state index in [1.54, 1.807) is 19.2 Å². The number of nitrogens with zero attached hydrogens (tertiary/aromatic N) is 2. The minimum Gasteiger partial charge on any atom is -0.508 e. The monoisotopic (exact) mass is 472 g/mol. The van der Waals surface area contributed by atoms with Crippen molar-refractivity contribution in [1.29, 1.82) is 0 Å². The van der Waals surface area contributed by atoms with Crippen LogP contribution in [0.2, 0.25) is 0 Å². The van der Waals surface area contributed by atoms with E-state index in [-0.39, 0.29) is 30.5 Å². The van der Waals surface area contributed by atoms with Gasteiger partial charge in [0.1, 0.15) is 22.8 Å². The van der Waals surface area contributed by atoms with Crippen LogP contribution >= 0.6 is 0 Å². The molecule has 2 heterocycles. The number of hydrogen-bond donors (Lipinski definition) is 4. The van der Waals surface area contributed by atoms with Crippen LogP contribution in [0.3, 0.4) is 0 Å². The molecule has 2 aromatic carbocycles. The number of para-hydroxylation sites is 1. The van der Waals surface area contributed by atoms with E-state index in [2.05, 4.69) is 10.6 Å². The lowest BCUT2D eigenvalue weighted by Crippen LogP contribution is -2.42. The number of imidazole rings is 1. The molecule has 0 radical (unpaired) electrons. The van der Waals surface area contributed by atoms with Crippen LogP contribution < -0.4 is 21.1 Å². The molecule has 1 atom stereocenters. The standard InChI is InChI=1S/C24H29FN4O5/c1-24(2,8-5-9-29-21-16(25)6-4-7-18(21)28(3)23(29)33)26-12-19(31)15-10-14(30)11-17-22(15)34-13-20(32)27-17/h4,6-7,10-11,19,26,30-31H,5,8-9,12-13H2,1-3H3,(H,27,32)/t19-/m0/s1. The van der Waals surface area contributed by atoms with Crippen LogP contribution in [-0.2, 0) is 18.4 Å². The molecule has 1 aliphatic heterocycles. The van der Waals surface area contributed by atoms with E-state index < -0.39 is 17.5 Å². The fourth-order valence-electron chi connectivity index (χ4n) is 4.34. The molecule has 0 bridgehead atoms. The second kappa shape index (κ2) is 9.11. The molecule has 9 nitrogen and oxygen atoms in total. The van der Waals surface area contributed by atoms with E-state index in [0.29, 0.717) is 47.4 Å². The smallest absolute Gasteiger partial charge is 0.328 e. The summed E-state index contributed by atoms with van der Waals surface area (Å²) < 4.78 is 22.8. The van der Waals surface area contributed by atoms with Gasteiger partial charge in [-0.1, -0.05) is 6.07 Å². The van der Waals surface area contributed by atoms with Crippen LogP contribution in [0, 0.1) is 5.82 Å². The molecule has 1 amide bonds. The number of fused-ring (bicyclic) bond motifs is 2. The summed E-state index contributed by atoms with van der Waals surface area (Å²) in [6, 6.07) is 7.44. The number of nitrogens with one attached hydrogen (secondary N) is 2. The summed E-state index contributed by atoms with van der Waals surface area (Å²) in [6.07, 6.45) is 0.270. The lowest BCUT2D eigenvalue weighted by atomic mass is 9.97.